The Hall–Kier alpha value is -2.38. The number of rotatable bonds is 8. The zero-order valence-electron chi connectivity index (χ0n) is 15.6. The van der Waals surface area contributed by atoms with Crippen molar-refractivity contribution in [1.29, 1.82) is 0 Å². The summed E-state index contributed by atoms with van der Waals surface area (Å²) in [6.07, 6.45) is 4.28. The van der Waals surface area contributed by atoms with Gasteiger partial charge in [0.05, 0.1) is 18.2 Å². The van der Waals surface area contributed by atoms with Gasteiger partial charge in [0.25, 0.3) is 11.8 Å². The van der Waals surface area contributed by atoms with Gasteiger partial charge >= 0.3 is 0 Å². The summed E-state index contributed by atoms with van der Waals surface area (Å²) in [6.45, 7) is 0.605. The van der Waals surface area contributed by atoms with Crippen LogP contribution in [0.15, 0.2) is 29.3 Å². The number of carbonyl (C=O) groups excluding carboxylic acids is 2. The van der Waals surface area contributed by atoms with Crippen LogP contribution in [0, 0.1) is 0 Å². The van der Waals surface area contributed by atoms with Crippen molar-refractivity contribution in [2.24, 2.45) is 5.73 Å². The maximum atomic E-state index is 13.1. The first kappa shape index (κ1) is 19.4. The summed E-state index contributed by atoms with van der Waals surface area (Å²) < 4.78 is 10.7. The average Bonchev–Trinajstić information content (AvgIpc) is 2.94. The molecule has 1 aliphatic heterocycles. The van der Waals surface area contributed by atoms with Gasteiger partial charge < -0.3 is 25.2 Å². The molecule has 1 aromatic rings. The molecule has 0 radical (unpaired) electrons. The van der Waals surface area contributed by atoms with Crippen LogP contribution in [-0.4, -0.2) is 49.9 Å². The molecule has 2 amide bonds. The van der Waals surface area contributed by atoms with Crippen LogP contribution >= 0.6 is 0 Å². The third kappa shape index (κ3) is 3.84. The molecular formula is C20H26N2O5. The van der Waals surface area contributed by atoms with Crippen LogP contribution in [0.1, 0.15) is 42.5 Å². The number of carbonyl (C=O) groups is 2. The largest absolute Gasteiger partial charge is 0.490 e. The van der Waals surface area contributed by atoms with E-state index in [4.69, 9.17) is 15.2 Å². The number of amides is 2. The van der Waals surface area contributed by atoms with Crippen LogP contribution in [0.2, 0.25) is 0 Å². The molecule has 7 nitrogen and oxygen atoms in total. The van der Waals surface area contributed by atoms with Crippen LogP contribution in [0.5, 0.6) is 5.75 Å². The van der Waals surface area contributed by atoms with Crippen molar-refractivity contribution < 1.29 is 24.2 Å². The quantitative estimate of drug-likeness (QED) is 0.675. The maximum Gasteiger partial charge on any atom is 0.254 e. The van der Waals surface area contributed by atoms with E-state index in [9.17, 15) is 14.7 Å². The monoisotopic (exact) mass is 374 g/mol. The highest BCUT2D eigenvalue weighted by atomic mass is 16.5. The van der Waals surface area contributed by atoms with Gasteiger partial charge in [-0.15, -0.1) is 0 Å². The van der Waals surface area contributed by atoms with Crippen molar-refractivity contribution in [3.8, 4) is 5.75 Å². The smallest absolute Gasteiger partial charge is 0.254 e. The summed E-state index contributed by atoms with van der Waals surface area (Å²) in [5.41, 5.74) is 8.26. The second kappa shape index (κ2) is 8.54. The Labute approximate surface area is 158 Å². The van der Waals surface area contributed by atoms with Crippen molar-refractivity contribution in [3.05, 3.63) is 34.9 Å². The molecule has 1 heterocycles. The van der Waals surface area contributed by atoms with E-state index < -0.39 is 5.91 Å². The zero-order valence-corrected chi connectivity index (χ0v) is 15.6. The van der Waals surface area contributed by atoms with E-state index in [1.54, 1.807) is 30.2 Å². The highest BCUT2D eigenvalue weighted by molar-refractivity contribution is 6.10. The molecule has 0 bridgehead atoms. The molecule has 1 aliphatic carbocycles. The first-order valence-electron chi connectivity index (χ1n) is 9.30. The summed E-state index contributed by atoms with van der Waals surface area (Å²) in [7, 11) is 1.57. The van der Waals surface area contributed by atoms with Gasteiger partial charge in [0.1, 0.15) is 12.4 Å². The number of nitrogens with two attached hydrogens (primary N) is 1. The number of fused-ring (bicyclic) bond motifs is 1. The standard InChI is InChI=1S/C20H26N2O5/c1-26-10-11-27-18-12-13(6-7-16(18)19(21)24)22-17-5-3-2-4-14(17)15(8-9-23)20(22)25/h6-7,12,17,23H,2-5,8-11H2,1H3,(H2,21,24). The molecule has 2 aliphatic rings. The van der Waals surface area contributed by atoms with Crippen molar-refractivity contribution in [1.82, 2.24) is 0 Å². The van der Waals surface area contributed by atoms with Crippen LogP contribution in [0.4, 0.5) is 5.69 Å². The third-order valence-electron chi connectivity index (χ3n) is 5.17. The first-order valence-corrected chi connectivity index (χ1v) is 9.30. The number of nitrogens with zero attached hydrogens (tertiary/aromatic N) is 1. The Balaban J connectivity index is 1.94. The van der Waals surface area contributed by atoms with E-state index in [-0.39, 0.29) is 30.7 Å². The van der Waals surface area contributed by atoms with Gasteiger partial charge in [-0.3, -0.25) is 9.59 Å². The van der Waals surface area contributed by atoms with Crippen LogP contribution < -0.4 is 15.4 Å². The van der Waals surface area contributed by atoms with Gasteiger partial charge in [0.2, 0.25) is 0 Å². The lowest BCUT2D eigenvalue weighted by Gasteiger charge is -2.30. The fraction of sp³-hybridized carbons (Fsp3) is 0.500. The molecule has 1 saturated carbocycles. The Kier molecular flexibility index (Phi) is 6.13. The fourth-order valence-corrected chi connectivity index (χ4v) is 3.95. The minimum Gasteiger partial charge on any atom is -0.490 e. The second-order valence-corrected chi connectivity index (χ2v) is 6.80. The molecule has 1 unspecified atom stereocenters. The predicted octanol–water partition coefficient (Wildman–Crippen LogP) is 1.78. The summed E-state index contributed by atoms with van der Waals surface area (Å²) in [5.74, 6) is -0.308. The van der Waals surface area contributed by atoms with Crippen molar-refractivity contribution in [3.63, 3.8) is 0 Å². The van der Waals surface area contributed by atoms with Gasteiger partial charge in [-0.1, -0.05) is 6.42 Å². The molecular weight excluding hydrogens is 348 g/mol. The Bertz CT molecular complexity index is 759. The van der Waals surface area contributed by atoms with Crippen molar-refractivity contribution in [2.45, 2.75) is 38.1 Å². The topological polar surface area (TPSA) is 102 Å². The van der Waals surface area contributed by atoms with E-state index >= 15 is 0 Å². The summed E-state index contributed by atoms with van der Waals surface area (Å²) >= 11 is 0. The van der Waals surface area contributed by atoms with E-state index in [0.29, 0.717) is 24.5 Å². The van der Waals surface area contributed by atoms with Crippen LogP contribution in [0.3, 0.4) is 0 Å². The number of hydrogen-bond donors (Lipinski definition) is 2. The van der Waals surface area contributed by atoms with Gasteiger partial charge in [-0.05, 0) is 37.0 Å². The number of primary amides is 1. The molecule has 1 aromatic carbocycles. The second-order valence-electron chi connectivity index (χ2n) is 6.80. The third-order valence-corrected chi connectivity index (χ3v) is 5.17. The van der Waals surface area contributed by atoms with Gasteiger partial charge in [-0.2, -0.15) is 0 Å². The number of aliphatic hydroxyl groups excluding tert-OH is 1. The lowest BCUT2D eigenvalue weighted by atomic mass is 9.88. The van der Waals surface area contributed by atoms with Gasteiger partial charge in [0.15, 0.2) is 0 Å². The number of ether oxygens (including phenoxy) is 2. The van der Waals surface area contributed by atoms with E-state index in [0.717, 1.165) is 36.8 Å². The summed E-state index contributed by atoms with van der Waals surface area (Å²) in [6, 6.07) is 5.04. The Morgan fingerprint density at radius 1 is 1.33 bits per heavy atom. The molecule has 0 spiro atoms. The Morgan fingerprint density at radius 2 is 2.15 bits per heavy atom. The molecule has 0 aromatic heterocycles. The molecule has 1 atom stereocenters. The highest BCUT2D eigenvalue weighted by Crippen LogP contribution is 2.41. The molecule has 3 N–H and O–H groups in total. The fourth-order valence-electron chi connectivity index (χ4n) is 3.95. The zero-order chi connectivity index (χ0) is 19.4. The minimum atomic E-state index is -0.584. The lowest BCUT2D eigenvalue weighted by molar-refractivity contribution is -0.115. The SMILES string of the molecule is COCCOc1cc(N2C(=O)C(CCO)=C3CCCCC32)ccc1C(N)=O. The number of anilines is 1. The Morgan fingerprint density at radius 3 is 2.85 bits per heavy atom. The number of hydrogen-bond acceptors (Lipinski definition) is 5. The number of benzene rings is 1. The molecule has 7 heteroatoms. The summed E-state index contributed by atoms with van der Waals surface area (Å²) in [5, 5.41) is 9.37. The normalized spacial score (nSPS) is 19.4. The van der Waals surface area contributed by atoms with Crippen molar-refractivity contribution >= 4 is 17.5 Å². The van der Waals surface area contributed by atoms with Crippen LogP contribution in [0.25, 0.3) is 0 Å². The van der Waals surface area contributed by atoms with Gasteiger partial charge in [0, 0.05) is 37.5 Å². The van der Waals surface area contributed by atoms with Gasteiger partial charge in [-0.25, -0.2) is 0 Å². The molecule has 27 heavy (non-hydrogen) atoms. The highest BCUT2D eigenvalue weighted by Gasteiger charge is 2.40. The minimum absolute atomic E-state index is 0.0130. The molecule has 146 valence electrons. The first-order chi connectivity index (χ1) is 13.1. The molecule has 1 fully saturated rings. The van der Waals surface area contributed by atoms with Crippen LogP contribution in [-0.2, 0) is 9.53 Å². The molecule has 0 saturated heterocycles. The summed E-state index contributed by atoms with van der Waals surface area (Å²) in [4.78, 5) is 26.5. The predicted molar refractivity (Wildman–Crippen MR) is 101 cm³/mol. The van der Waals surface area contributed by atoms with Crippen molar-refractivity contribution in [2.75, 3.05) is 31.8 Å². The maximum absolute atomic E-state index is 13.1. The molecule has 3 rings (SSSR count). The van der Waals surface area contributed by atoms with E-state index in [1.807, 2.05) is 0 Å². The number of methoxy groups -OCH3 is 1. The number of aliphatic hydroxyl groups is 1. The van der Waals surface area contributed by atoms with E-state index in [2.05, 4.69) is 0 Å². The van der Waals surface area contributed by atoms with E-state index in [1.165, 1.54) is 0 Å². The average molecular weight is 374 g/mol. The lowest BCUT2D eigenvalue weighted by Crippen LogP contribution is -2.37.